The van der Waals surface area contributed by atoms with Crippen molar-refractivity contribution in [3.8, 4) is 17.3 Å². The van der Waals surface area contributed by atoms with Gasteiger partial charge in [0.1, 0.15) is 6.07 Å². The number of nitrogens with zero attached hydrogens (tertiary/aromatic N) is 6. The molecule has 2 N–H and O–H groups in total. The van der Waals surface area contributed by atoms with Crippen LogP contribution in [-0.2, 0) is 0 Å². The van der Waals surface area contributed by atoms with Crippen LogP contribution in [0.15, 0.2) is 18.6 Å². The third-order valence-corrected chi connectivity index (χ3v) is 3.22. The molecule has 0 bridgehead atoms. The molecule has 19 heavy (non-hydrogen) atoms. The van der Waals surface area contributed by atoms with Crippen molar-refractivity contribution in [2.75, 3.05) is 25.9 Å². The molecule has 7 nitrogen and oxygen atoms in total. The standard InChI is InChI=1S/C12H13N7/c1-18-6-10(7-18)19-5-9(4-16-19)11-8(2-13)3-15-12(14)17-11/h3-5,10H,6-7H2,1H3,(H2,14,15,17). The van der Waals surface area contributed by atoms with Gasteiger partial charge in [-0.1, -0.05) is 0 Å². The zero-order valence-electron chi connectivity index (χ0n) is 10.5. The molecule has 0 amide bonds. The number of nitrogens with two attached hydrogens (primary N) is 1. The lowest BCUT2D eigenvalue weighted by Crippen LogP contribution is -2.45. The highest BCUT2D eigenvalue weighted by atomic mass is 15.4. The van der Waals surface area contributed by atoms with Crippen molar-refractivity contribution in [2.24, 2.45) is 0 Å². The van der Waals surface area contributed by atoms with Crippen molar-refractivity contribution in [1.82, 2.24) is 24.6 Å². The van der Waals surface area contributed by atoms with Crippen LogP contribution < -0.4 is 5.73 Å². The van der Waals surface area contributed by atoms with Crippen LogP contribution in [-0.4, -0.2) is 44.8 Å². The number of hydrogen-bond donors (Lipinski definition) is 1. The second-order valence-corrected chi connectivity index (χ2v) is 4.69. The van der Waals surface area contributed by atoms with Gasteiger partial charge in [0.15, 0.2) is 0 Å². The molecule has 2 aromatic heterocycles. The Morgan fingerprint density at radius 1 is 1.42 bits per heavy atom. The third kappa shape index (κ3) is 2.02. The van der Waals surface area contributed by atoms with Gasteiger partial charge in [-0.05, 0) is 7.05 Å². The average molecular weight is 255 g/mol. The van der Waals surface area contributed by atoms with Crippen LogP contribution >= 0.6 is 0 Å². The highest BCUT2D eigenvalue weighted by Gasteiger charge is 2.25. The van der Waals surface area contributed by atoms with E-state index in [1.165, 1.54) is 6.20 Å². The second-order valence-electron chi connectivity index (χ2n) is 4.69. The van der Waals surface area contributed by atoms with Crippen LogP contribution in [0, 0.1) is 11.3 Å². The van der Waals surface area contributed by atoms with E-state index >= 15 is 0 Å². The number of likely N-dealkylation sites (tertiary alicyclic amines) is 1. The summed E-state index contributed by atoms with van der Waals surface area (Å²) in [4.78, 5) is 10.2. The SMILES string of the molecule is CN1CC(n2cc(-c3nc(N)ncc3C#N)cn2)C1. The quantitative estimate of drug-likeness (QED) is 0.828. The van der Waals surface area contributed by atoms with Gasteiger partial charge in [-0.15, -0.1) is 0 Å². The molecule has 1 saturated heterocycles. The first-order valence-corrected chi connectivity index (χ1v) is 5.93. The zero-order valence-corrected chi connectivity index (χ0v) is 10.5. The maximum absolute atomic E-state index is 9.07. The van der Waals surface area contributed by atoms with Crippen LogP contribution in [0.25, 0.3) is 11.3 Å². The highest BCUT2D eigenvalue weighted by molar-refractivity contribution is 5.65. The smallest absolute Gasteiger partial charge is 0.220 e. The van der Waals surface area contributed by atoms with E-state index in [0.717, 1.165) is 18.7 Å². The molecule has 2 aromatic rings. The van der Waals surface area contributed by atoms with Gasteiger partial charge in [-0.3, -0.25) is 4.68 Å². The number of aromatic nitrogens is 4. The third-order valence-electron chi connectivity index (χ3n) is 3.22. The van der Waals surface area contributed by atoms with Crippen molar-refractivity contribution in [2.45, 2.75) is 6.04 Å². The van der Waals surface area contributed by atoms with Gasteiger partial charge in [-0.25, -0.2) is 9.97 Å². The number of likely N-dealkylation sites (N-methyl/N-ethyl adjacent to an activating group) is 1. The van der Waals surface area contributed by atoms with Crippen LogP contribution in [0.5, 0.6) is 0 Å². The minimum atomic E-state index is 0.158. The Hall–Kier alpha value is -2.46. The summed E-state index contributed by atoms with van der Waals surface area (Å²) in [7, 11) is 2.07. The van der Waals surface area contributed by atoms with Gasteiger partial charge in [0, 0.05) is 24.8 Å². The molecule has 0 unspecified atom stereocenters. The van der Waals surface area contributed by atoms with Gasteiger partial charge in [-0.2, -0.15) is 10.4 Å². The summed E-state index contributed by atoms with van der Waals surface area (Å²) in [5, 5.41) is 13.4. The molecule has 96 valence electrons. The fourth-order valence-corrected chi connectivity index (χ4v) is 2.19. The van der Waals surface area contributed by atoms with Crippen molar-refractivity contribution >= 4 is 5.95 Å². The second kappa shape index (κ2) is 4.33. The Bertz CT molecular complexity index is 648. The fourth-order valence-electron chi connectivity index (χ4n) is 2.19. The summed E-state index contributed by atoms with van der Waals surface area (Å²) < 4.78 is 1.91. The largest absolute Gasteiger partial charge is 0.368 e. The number of rotatable bonds is 2. The molecule has 1 aliphatic rings. The van der Waals surface area contributed by atoms with Crippen LogP contribution in [0.1, 0.15) is 11.6 Å². The van der Waals surface area contributed by atoms with E-state index in [9.17, 15) is 0 Å². The normalized spacial score (nSPS) is 16.0. The fraction of sp³-hybridized carbons (Fsp3) is 0.333. The number of nitriles is 1. The van der Waals surface area contributed by atoms with Crippen molar-refractivity contribution < 1.29 is 0 Å². The monoisotopic (exact) mass is 255 g/mol. The summed E-state index contributed by atoms with van der Waals surface area (Å²) in [6.07, 6.45) is 5.05. The van der Waals surface area contributed by atoms with E-state index in [4.69, 9.17) is 11.0 Å². The summed E-state index contributed by atoms with van der Waals surface area (Å²) in [5.41, 5.74) is 7.31. The van der Waals surface area contributed by atoms with Crippen LogP contribution in [0.2, 0.25) is 0 Å². The predicted octanol–water partition coefficient (Wildman–Crippen LogP) is 0.280. The van der Waals surface area contributed by atoms with E-state index in [1.54, 1.807) is 6.20 Å². The Kier molecular flexibility index (Phi) is 2.65. The predicted molar refractivity (Wildman–Crippen MR) is 68.9 cm³/mol. The summed E-state index contributed by atoms with van der Waals surface area (Å²) in [5.74, 6) is 0.158. The lowest BCUT2D eigenvalue weighted by Gasteiger charge is -2.36. The zero-order chi connectivity index (χ0) is 13.4. The Morgan fingerprint density at radius 3 is 2.89 bits per heavy atom. The molecule has 3 heterocycles. The summed E-state index contributed by atoms with van der Waals surface area (Å²) >= 11 is 0. The van der Waals surface area contributed by atoms with E-state index in [-0.39, 0.29) is 5.95 Å². The number of anilines is 1. The first kappa shape index (κ1) is 11.6. The Labute approximate surface area is 110 Å². The van der Waals surface area contributed by atoms with E-state index in [1.807, 2.05) is 10.9 Å². The van der Waals surface area contributed by atoms with Crippen LogP contribution in [0.4, 0.5) is 5.95 Å². The summed E-state index contributed by atoms with van der Waals surface area (Å²) in [6.45, 7) is 1.97. The highest BCUT2D eigenvalue weighted by Crippen LogP contribution is 2.24. The van der Waals surface area contributed by atoms with Gasteiger partial charge in [0.25, 0.3) is 0 Å². The molecule has 0 aromatic carbocycles. The number of nitrogen functional groups attached to an aromatic ring is 1. The van der Waals surface area contributed by atoms with Crippen LogP contribution in [0.3, 0.4) is 0 Å². The van der Waals surface area contributed by atoms with Gasteiger partial charge >= 0.3 is 0 Å². The molecule has 0 spiro atoms. The Balaban J connectivity index is 1.95. The van der Waals surface area contributed by atoms with E-state index in [2.05, 4.69) is 33.1 Å². The van der Waals surface area contributed by atoms with E-state index < -0.39 is 0 Å². The lowest BCUT2D eigenvalue weighted by atomic mass is 10.1. The molecule has 0 saturated carbocycles. The molecule has 1 fully saturated rings. The molecule has 1 aliphatic heterocycles. The molecule has 0 atom stereocenters. The van der Waals surface area contributed by atoms with Crippen molar-refractivity contribution in [1.29, 1.82) is 5.26 Å². The van der Waals surface area contributed by atoms with Crippen molar-refractivity contribution in [3.63, 3.8) is 0 Å². The van der Waals surface area contributed by atoms with Gasteiger partial charge in [0.05, 0.1) is 29.7 Å². The van der Waals surface area contributed by atoms with E-state index in [0.29, 0.717) is 17.3 Å². The molecular formula is C12H13N7. The number of hydrogen-bond acceptors (Lipinski definition) is 6. The first-order valence-electron chi connectivity index (χ1n) is 5.93. The summed E-state index contributed by atoms with van der Waals surface area (Å²) in [6, 6.07) is 2.46. The first-order chi connectivity index (χ1) is 9.17. The minimum Gasteiger partial charge on any atom is -0.368 e. The molecule has 0 radical (unpaired) electrons. The molecule has 3 rings (SSSR count). The lowest BCUT2D eigenvalue weighted by molar-refractivity contribution is 0.130. The van der Waals surface area contributed by atoms with Crippen molar-refractivity contribution in [3.05, 3.63) is 24.2 Å². The Morgan fingerprint density at radius 2 is 2.21 bits per heavy atom. The molecule has 7 heteroatoms. The minimum absolute atomic E-state index is 0.158. The average Bonchev–Trinajstić information content (AvgIpc) is 2.84. The topological polar surface area (TPSA) is 96.6 Å². The molecule has 0 aliphatic carbocycles. The van der Waals surface area contributed by atoms with Gasteiger partial charge in [0.2, 0.25) is 5.95 Å². The maximum Gasteiger partial charge on any atom is 0.220 e. The molecular weight excluding hydrogens is 242 g/mol. The maximum atomic E-state index is 9.07. The van der Waals surface area contributed by atoms with Gasteiger partial charge < -0.3 is 10.6 Å².